The van der Waals surface area contributed by atoms with E-state index < -0.39 is 11.6 Å². The number of benzene rings is 2. The Bertz CT molecular complexity index is 643. The summed E-state index contributed by atoms with van der Waals surface area (Å²) in [5.74, 6) is -0.654. The minimum Gasteiger partial charge on any atom is -0.489 e. The van der Waals surface area contributed by atoms with Gasteiger partial charge < -0.3 is 10.5 Å². The Kier molecular flexibility index (Phi) is 4.67. The van der Waals surface area contributed by atoms with Gasteiger partial charge in [0.2, 0.25) is 0 Å². The van der Waals surface area contributed by atoms with Crippen LogP contribution in [-0.2, 0) is 6.61 Å². The van der Waals surface area contributed by atoms with Gasteiger partial charge in [0.05, 0.1) is 0 Å². The van der Waals surface area contributed by atoms with Gasteiger partial charge in [-0.2, -0.15) is 0 Å². The first-order chi connectivity index (χ1) is 9.47. The number of nitrogens with two attached hydrogens (primary N) is 1. The van der Waals surface area contributed by atoms with Crippen molar-refractivity contribution in [2.45, 2.75) is 6.61 Å². The van der Waals surface area contributed by atoms with Crippen molar-refractivity contribution in [3.8, 4) is 5.75 Å². The number of thiocarbonyl (C=S) groups is 1. The molecule has 0 aromatic heterocycles. The maximum Gasteiger partial charge on any atom is 0.139 e. The molecule has 2 rings (SSSR count). The molecule has 0 atom stereocenters. The van der Waals surface area contributed by atoms with Crippen LogP contribution < -0.4 is 10.5 Å². The summed E-state index contributed by atoms with van der Waals surface area (Å²) in [5.41, 5.74) is 5.89. The van der Waals surface area contributed by atoms with Crippen molar-refractivity contribution in [2.75, 3.05) is 0 Å². The van der Waals surface area contributed by atoms with Gasteiger partial charge in [-0.3, -0.25) is 0 Å². The molecule has 6 heteroatoms. The maximum absolute atomic E-state index is 14.1. The molecule has 0 aliphatic heterocycles. The Balaban J connectivity index is 2.19. The second-order valence-electron chi connectivity index (χ2n) is 4.04. The molecule has 0 aliphatic carbocycles. The average Bonchev–Trinajstić information content (AvgIpc) is 2.36. The largest absolute Gasteiger partial charge is 0.489 e. The molecular weight excluding hydrogens is 348 g/mol. The molecule has 0 unspecified atom stereocenters. The Hall–Kier alpha value is -1.53. The van der Waals surface area contributed by atoms with Crippen LogP contribution in [-0.4, -0.2) is 4.99 Å². The van der Waals surface area contributed by atoms with Crippen molar-refractivity contribution in [3.63, 3.8) is 0 Å². The summed E-state index contributed by atoms with van der Waals surface area (Å²) in [6, 6.07) is 8.82. The number of hydrogen-bond acceptors (Lipinski definition) is 2. The van der Waals surface area contributed by atoms with Crippen molar-refractivity contribution in [1.82, 2.24) is 0 Å². The van der Waals surface area contributed by atoms with Crippen molar-refractivity contribution in [1.29, 1.82) is 0 Å². The second kappa shape index (κ2) is 6.28. The Labute approximate surface area is 128 Å². The van der Waals surface area contributed by atoms with E-state index in [9.17, 15) is 8.78 Å². The van der Waals surface area contributed by atoms with Gasteiger partial charge >= 0.3 is 0 Å². The predicted octanol–water partition coefficient (Wildman–Crippen LogP) is 3.94. The molecule has 0 spiro atoms. The van der Waals surface area contributed by atoms with Crippen LogP contribution in [0.3, 0.4) is 0 Å². The summed E-state index contributed by atoms with van der Waals surface area (Å²) in [6.45, 7) is -0.0435. The highest BCUT2D eigenvalue weighted by molar-refractivity contribution is 9.10. The molecule has 2 nitrogen and oxygen atoms in total. The summed E-state index contributed by atoms with van der Waals surface area (Å²) < 4.78 is 33.2. The molecule has 0 amide bonds. The lowest BCUT2D eigenvalue weighted by atomic mass is 10.1. The van der Waals surface area contributed by atoms with E-state index >= 15 is 0 Å². The first-order valence-electron chi connectivity index (χ1n) is 5.63. The molecular formula is C14H10BrF2NOS. The van der Waals surface area contributed by atoms with E-state index in [1.807, 2.05) is 0 Å². The minimum atomic E-state index is -0.518. The molecule has 0 aliphatic rings. The minimum absolute atomic E-state index is 0.0159. The van der Waals surface area contributed by atoms with E-state index in [2.05, 4.69) is 15.9 Å². The number of hydrogen-bond donors (Lipinski definition) is 1. The fourth-order valence-corrected chi connectivity index (χ4v) is 2.26. The molecule has 0 bridgehead atoms. The van der Waals surface area contributed by atoms with Crippen molar-refractivity contribution in [2.24, 2.45) is 5.73 Å². The van der Waals surface area contributed by atoms with E-state index in [0.717, 1.165) is 0 Å². The Morgan fingerprint density at radius 2 is 2.00 bits per heavy atom. The third-order valence-corrected chi connectivity index (χ3v) is 3.25. The highest BCUT2D eigenvalue weighted by atomic mass is 79.9. The fourth-order valence-electron chi connectivity index (χ4n) is 1.65. The van der Waals surface area contributed by atoms with Crippen LogP contribution in [0.15, 0.2) is 40.9 Å². The number of rotatable bonds is 4. The zero-order chi connectivity index (χ0) is 14.7. The Morgan fingerprint density at radius 1 is 1.25 bits per heavy atom. The fraction of sp³-hybridized carbons (Fsp3) is 0.0714. The molecule has 2 aromatic rings. The van der Waals surface area contributed by atoms with Gasteiger partial charge in [-0.1, -0.05) is 40.3 Å². The van der Waals surface area contributed by atoms with Gasteiger partial charge in [0.1, 0.15) is 29.0 Å². The van der Waals surface area contributed by atoms with Crippen LogP contribution in [0.5, 0.6) is 5.75 Å². The monoisotopic (exact) mass is 357 g/mol. The lowest BCUT2D eigenvalue weighted by Crippen LogP contribution is -2.13. The first kappa shape index (κ1) is 14.9. The lowest BCUT2D eigenvalue weighted by molar-refractivity contribution is 0.298. The van der Waals surface area contributed by atoms with E-state index in [1.54, 1.807) is 18.2 Å². The molecule has 104 valence electrons. The third kappa shape index (κ3) is 3.52. The maximum atomic E-state index is 14.1. The molecule has 0 fully saturated rings. The van der Waals surface area contributed by atoms with Crippen LogP contribution in [0, 0.1) is 11.6 Å². The average molecular weight is 358 g/mol. The van der Waals surface area contributed by atoms with E-state index in [0.29, 0.717) is 15.8 Å². The normalized spacial score (nSPS) is 10.3. The Morgan fingerprint density at radius 3 is 2.65 bits per heavy atom. The van der Waals surface area contributed by atoms with Crippen LogP contribution in [0.1, 0.15) is 11.1 Å². The molecule has 0 saturated carbocycles. The smallest absolute Gasteiger partial charge is 0.139 e. The second-order valence-corrected chi connectivity index (χ2v) is 5.39. The molecule has 2 N–H and O–H groups in total. The molecule has 2 aromatic carbocycles. The summed E-state index contributed by atoms with van der Waals surface area (Å²) in [7, 11) is 0. The SMILES string of the molecule is NC(=S)c1cccc(COc2cc(F)cc(Br)c2)c1F. The van der Waals surface area contributed by atoms with Crippen molar-refractivity contribution < 1.29 is 13.5 Å². The summed E-state index contributed by atoms with van der Waals surface area (Å²) >= 11 is 7.92. The highest BCUT2D eigenvalue weighted by Gasteiger charge is 2.10. The highest BCUT2D eigenvalue weighted by Crippen LogP contribution is 2.22. The van der Waals surface area contributed by atoms with E-state index in [4.69, 9.17) is 22.7 Å². The van der Waals surface area contributed by atoms with E-state index in [-0.39, 0.29) is 17.2 Å². The first-order valence-corrected chi connectivity index (χ1v) is 6.83. The van der Waals surface area contributed by atoms with Crippen LogP contribution in [0.4, 0.5) is 8.78 Å². The van der Waals surface area contributed by atoms with Gasteiger partial charge in [-0.15, -0.1) is 0 Å². The lowest BCUT2D eigenvalue weighted by Gasteiger charge is -2.10. The third-order valence-electron chi connectivity index (χ3n) is 2.57. The quantitative estimate of drug-likeness (QED) is 0.841. The zero-order valence-corrected chi connectivity index (χ0v) is 12.6. The number of ether oxygens (including phenoxy) is 1. The number of halogens is 3. The van der Waals surface area contributed by atoms with Crippen molar-refractivity contribution >= 4 is 33.1 Å². The standard InChI is InChI=1S/C14H10BrF2NOS/c15-9-4-10(16)6-11(5-9)19-7-8-2-1-3-12(13(8)17)14(18)20/h1-6H,7H2,(H2,18,20). The topological polar surface area (TPSA) is 35.2 Å². The van der Waals surface area contributed by atoms with Gasteiger partial charge in [0, 0.05) is 21.7 Å². The van der Waals surface area contributed by atoms with Gasteiger partial charge in [-0.25, -0.2) is 8.78 Å². The van der Waals surface area contributed by atoms with Gasteiger partial charge in [-0.05, 0) is 18.2 Å². The summed E-state index contributed by atoms with van der Waals surface area (Å²) in [5, 5.41) is 0. The van der Waals surface area contributed by atoms with Crippen LogP contribution >= 0.6 is 28.1 Å². The van der Waals surface area contributed by atoms with Gasteiger partial charge in [0.25, 0.3) is 0 Å². The zero-order valence-electron chi connectivity index (χ0n) is 10.2. The predicted molar refractivity (Wildman–Crippen MR) is 80.7 cm³/mol. The van der Waals surface area contributed by atoms with Gasteiger partial charge in [0.15, 0.2) is 0 Å². The van der Waals surface area contributed by atoms with Crippen LogP contribution in [0.25, 0.3) is 0 Å². The van der Waals surface area contributed by atoms with E-state index in [1.165, 1.54) is 18.2 Å². The summed E-state index contributed by atoms with van der Waals surface area (Å²) in [4.78, 5) is -0.0159. The molecule has 0 heterocycles. The van der Waals surface area contributed by atoms with Crippen LogP contribution in [0.2, 0.25) is 0 Å². The molecule has 20 heavy (non-hydrogen) atoms. The summed E-state index contributed by atoms with van der Waals surface area (Å²) in [6.07, 6.45) is 0. The molecule has 0 radical (unpaired) electrons. The molecule has 0 saturated heterocycles. The van der Waals surface area contributed by atoms with Crippen molar-refractivity contribution in [3.05, 3.63) is 63.6 Å².